The van der Waals surface area contributed by atoms with Gasteiger partial charge >= 0.3 is 0 Å². The van der Waals surface area contributed by atoms with E-state index in [1.54, 1.807) is 24.3 Å². The zero-order valence-corrected chi connectivity index (χ0v) is 18.2. The summed E-state index contributed by atoms with van der Waals surface area (Å²) < 4.78 is 1.52. The number of aromatic nitrogens is 3. The molecule has 2 heterocycles. The molecule has 0 aliphatic heterocycles. The van der Waals surface area contributed by atoms with E-state index in [0.29, 0.717) is 35.0 Å². The second-order valence-electron chi connectivity index (χ2n) is 7.50. The molecule has 1 aromatic carbocycles. The minimum Gasteiger partial charge on any atom is -0.369 e. The van der Waals surface area contributed by atoms with Gasteiger partial charge in [-0.2, -0.15) is 0 Å². The molecule has 3 aromatic rings. The van der Waals surface area contributed by atoms with Crippen molar-refractivity contribution in [1.29, 1.82) is 0 Å². The topological polar surface area (TPSA) is 104 Å². The highest BCUT2D eigenvalue weighted by atomic mass is 16.2. The Morgan fingerprint density at radius 2 is 1.81 bits per heavy atom. The number of nitrogens with one attached hydrogen (secondary N) is 3. The molecule has 3 N–H and O–H groups in total. The van der Waals surface area contributed by atoms with Crippen molar-refractivity contribution in [3.63, 3.8) is 0 Å². The number of amides is 2. The van der Waals surface area contributed by atoms with E-state index < -0.39 is 0 Å². The van der Waals surface area contributed by atoms with Crippen LogP contribution in [0.25, 0.3) is 5.65 Å². The molecule has 9 heteroatoms. The van der Waals surface area contributed by atoms with E-state index in [9.17, 15) is 9.59 Å². The van der Waals surface area contributed by atoms with Gasteiger partial charge in [0.05, 0.1) is 6.20 Å². The molecule has 0 unspecified atom stereocenters. The highest BCUT2D eigenvalue weighted by Gasteiger charge is 2.14. The highest BCUT2D eigenvalue weighted by Crippen LogP contribution is 2.14. The maximum absolute atomic E-state index is 12.8. The number of carbonyl (C=O) groups excluding carboxylic acids is 2. The van der Waals surface area contributed by atoms with Crippen LogP contribution in [0.3, 0.4) is 0 Å². The Balaban J connectivity index is 1.65. The van der Waals surface area contributed by atoms with Crippen LogP contribution in [0, 0.1) is 0 Å². The highest BCUT2D eigenvalue weighted by molar-refractivity contribution is 6.03. The number of imidazole rings is 1. The molecule has 164 valence electrons. The molecule has 2 amide bonds. The lowest BCUT2D eigenvalue weighted by atomic mass is 10.2. The standard InChI is InChI=1S/C22H29N7O2/c1-4-5-12-23-19-10-11-20-25-15-18(29(20)27-19)22(31)26-17-8-6-16(7-9-17)21(30)24-13-14-28(2)3/h6-11,15H,4-5,12-14H2,1-3H3,(H,23,27)(H,24,30)(H,26,31). The Kier molecular flexibility index (Phi) is 7.55. The lowest BCUT2D eigenvalue weighted by Gasteiger charge is -2.11. The zero-order chi connectivity index (χ0) is 22.2. The van der Waals surface area contributed by atoms with Crippen LogP contribution in [0.1, 0.15) is 40.6 Å². The van der Waals surface area contributed by atoms with Crippen LogP contribution < -0.4 is 16.0 Å². The van der Waals surface area contributed by atoms with Crippen LogP contribution in [0.5, 0.6) is 0 Å². The fourth-order valence-corrected chi connectivity index (χ4v) is 2.91. The molecule has 0 atom stereocenters. The molecule has 0 bridgehead atoms. The van der Waals surface area contributed by atoms with Gasteiger partial charge in [-0.1, -0.05) is 13.3 Å². The van der Waals surface area contributed by atoms with Crippen molar-refractivity contribution in [2.45, 2.75) is 19.8 Å². The Morgan fingerprint density at radius 3 is 2.52 bits per heavy atom. The second kappa shape index (κ2) is 10.5. The van der Waals surface area contributed by atoms with Gasteiger partial charge in [0, 0.05) is 30.9 Å². The maximum atomic E-state index is 12.8. The average Bonchev–Trinajstić information content (AvgIpc) is 3.17. The summed E-state index contributed by atoms with van der Waals surface area (Å²) in [5, 5.41) is 13.4. The fraction of sp³-hybridized carbons (Fsp3) is 0.364. The molecule has 3 rings (SSSR count). The average molecular weight is 424 g/mol. The van der Waals surface area contributed by atoms with Crippen LogP contribution in [-0.4, -0.2) is 65.0 Å². The van der Waals surface area contributed by atoms with Crippen molar-refractivity contribution in [1.82, 2.24) is 24.8 Å². The Hall–Kier alpha value is -3.46. The number of fused-ring (bicyclic) bond motifs is 1. The van der Waals surface area contributed by atoms with E-state index in [1.807, 2.05) is 31.1 Å². The van der Waals surface area contributed by atoms with Gasteiger partial charge in [-0.3, -0.25) is 9.59 Å². The van der Waals surface area contributed by atoms with E-state index in [1.165, 1.54) is 10.7 Å². The number of unbranched alkanes of at least 4 members (excludes halogenated alkanes) is 1. The van der Waals surface area contributed by atoms with Crippen LogP contribution in [0.15, 0.2) is 42.6 Å². The summed E-state index contributed by atoms with van der Waals surface area (Å²) in [6.45, 7) is 4.28. The number of rotatable bonds is 10. The maximum Gasteiger partial charge on any atom is 0.276 e. The molecule has 0 saturated heterocycles. The number of hydrogen-bond acceptors (Lipinski definition) is 6. The van der Waals surface area contributed by atoms with Gasteiger partial charge in [-0.15, -0.1) is 5.10 Å². The Labute approximate surface area is 181 Å². The van der Waals surface area contributed by atoms with Gasteiger partial charge < -0.3 is 20.9 Å². The number of likely N-dealkylation sites (N-methyl/N-ethyl adjacent to an activating group) is 1. The van der Waals surface area contributed by atoms with Crippen LogP contribution >= 0.6 is 0 Å². The summed E-state index contributed by atoms with van der Waals surface area (Å²) in [5.74, 6) is 0.223. The number of hydrogen-bond donors (Lipinski definition) is 3. The molecular formula is C22H29N7O2. The second-order valence-corrected chi connectivity index (χ2v) is 7.50. The Bertz CT molecular complexity index is 1030. The van der Waals surface area contributed by atoms with Crippen molar-refractivity contribution in [2.24, 2.45) is 0 Å². The SMILES string of the molecule is CCCCNc1ccc2ncc(C(=O)Nc3ccc(C(=O)NCCN(C)C)cc3)n2n1. The molecule has 0 aliphatic rings. The third-order valence-electron chi connectivity index (χ3n) is 4.68. The minimum atomic E-state index is -0.325. The lowest BCUT2D eigenvalue weighted by Crippen LogP contribution is -2.31. The van der Waals surface area contributed by atoms with Crippen molar-refractivity contribution in [2.75, 3.05) is 44.4 Å². The molecule has 0 saturated carbocycles. The Morgan fingerprint density at radius 1 is 1.03 bits per heavy atom. The summed E-state index contributed by atoms with van der Waals surface area (Å²) in [7, 11) is 3.90. The molecule has 2 aromatic heterocycles. The van der Waals surface area contributed by atoms with Crippen LogP contribution in [0.4, 0.5) is 11.5 Å². The molecular weight excluding hydrogens is 394 g/mol. The number of carbonyl (C=O) groups is 2. The van der Waals surface area contributed by atoms with Crippen molar-refractivity contribution in [3.8, 4) is 0 Å². The first-order chi connectivity index (χ1) is 15.0. The summed E-state index contributed by atoms with van der Waals surface area (Å²) in [6, 6.07) is 10.4. The predicted octanol–water partition coefficient (Wildman–Crippen LogP) is 2.49. The van der Waals surface area contributed by atoms with Crippen molar-refractivity contribution >= 4 is 29.0 Å². The largest absolute Gasteiger partial charge is 0.369 e. The third kappa shape index (κ3) is 6.02. The van der Waals surface area contributed by atoms with Crippen molar-refractivity contribution < 1.29 is 9.59 Å². The summed E-state index contributed by atoms with van der Waals surface area (Å²) >= 11 is 0. The zero-order valence-electron chi connectivity index (χ0n) is 18.2. The van der Waals surface area contributed by atoms with Gasteiger partial charge in [0.2, 0.25) is 0 Å². The van der Waals surface area contributed by atoms with E-state index >= 15 is 0 Å². The van der Waals surface area contributed by atoms with E-state index in [-0.39, 0.29) is 11.8 Å². The predicted molar refractivity (Wildman–Crippen MR) is 122 cm³/mol. The molecule has 0 fully saturated rings. The normalized spacial score (nSPS) is 11.0. The number of nitrogens with zero attached hydrogens (tertiary/aromatic N) is 4. The van der Waals surface area contributed by atoms with Gasteiger partial charge in [-0.25, -0.2) is 9.50 Å². The van der Waals surface area contributed by atoms with Gasteiger partial charge in [0.25, 0.3) is 11.8 Å². The quantitative estimate of drug-likeness (QED) is 0.433. The van der Waals surface area contributed by atoms with E-state index in [4.69, 9.17) is 0 Å². The first-order valence-electron chi connectivity index (χ1n) is 10.4. The monoisotopic (exact) mass is 423 g/mol. The first-order valence-corrected chi connectivity index (χ1v) is 10.4. The molecule has 0 aliphatic carbocycles. The van der Waals surface area contributed by atoms with E-state index in [0.717, 1.165) is 25.9 Å². The van der Waals surface area contributed by atoms with E-state index in [2.05, 4.69) is 33.0 Å². The summed E-state index contributed by atoms with van der Waals surface area (Å²) in [4.78, 5) is 31.2. The number of anilines is 2. The van der Waals surface area contributed by atoms with Crippen LogP contribution in [-0.2, 0) is 0 Å². The molecule has 0 spiro atoms. The van der Waals surface area contributed by atoms with Gasteiger partial charge in [0.1, 0.15) is 5.82 Å². The van der Waals surface area contributed by atoms with Crippen LogP contribution in [0.2, 0.25) is 0 Å². The van der Waals surface area contributed by atoms with Gasteiger partial charge in [-0.05, 0) is 56.9 Å². The minimum absolute atomic E-state index is 0.145. The summed E-state index contributed by atoms with van der Waals surface area (Å²) in [5.41, 5.74) is 2.05. The third-order valence-corrected chi connectivity index (χ3v) is 4.68. The molecule has 9 nitrogen and oxygen atoms in total. The lowest BCUT2D eigenvalue weighted by molar-refractivity contribution is 0.0950. The first kappa shape index (κ1) is 22.2. The summed E-state index contributed by atoms with van der Waals surface area (Å²) in [6.07, 6.45) is 3.63. The van der Waals surface area contributed by atoms with Crippen molar-refractivity contribution in [3.05, 3.63) is 53.9 Å². The fourth-order valence-electron chi connectivity index (χ4n) is 2.91. The van der Waals surface area contributed by atoms with Gasteiger partial charge in [0.15, 0.2) is 11.3 Å². The number of benzene rings is 1. The molecule has 31 heavy (non-hydrogen) atoms. The smallest absolute Gasteiger partial charge is 0.276 e. The molecule has 0 radical (unpaired) electrons.